The Kier molecular flexibility index (Phi) is 4.61. The van der Waals surface area contributed by atoms with E-state index in [1.807, 2.05) is 32.9 Å². The minimum atomic E-state index is -0.419. The number of benzene rings is 2. The molecule has 114 valence electrons. The van der Waals surface area contributed by atoms with E-state index in [1.54, 1.807) is 24.3 Å². The first-order valence-electron chi connectivity index (χ1n) is 7.00. The van der Waals surface area contributed by atoms with Crippen molar-refractivity contribution >= 4 is 17.6 Å². The van der Waals surface area contributed by atoms with E-state index in [0.717, 1.165) is 22.4 Å². The molecule has 2 rings (SSSR count). The van der Waals surface area contributed by atoms with Gasteiger partial charge in [-0.15, -0.1) is 0 Å². The molecule has 0 spiro atoms. The van der Waals surface area contributed by atoms with Crippen LogP contribution in [0.3, 0.4) is 0 Å². The van der Waals surface area contributed by atoms with E-state index in [0.29, 0.717) is 11.1 Å². The van der Waals surface area contributed by atoms with Gasteiger partial charge in [0.15, 0.2) is 0 Å². The number of rotatable bonds is 3. The van der Waals surface area contributed by atoms with Gasteiger partial charge < -0.3 is 10.1 Å². The van der Waals surface area contributed by atoms with Gasteiger partial charge in [0, 0.05) is 11.3 Å². The molecule has 0 aliphatic rings. The van der Waals surface area contributed by atoms with Crippen molar-refractivity contribution in [2.75, 3.05) is 12.4 Å². The van der Waals surface area contributed by atoms with Crippen molar-refractivity contribution in [1.82, 2.24) is 0 Å². The highest BCUT2D eigenvalue weighted by molar-refractivity contribution is 6.05. The van der Waals surface area contributed by atoms with Gasteiger partial charge in [0.2, 0.25) is 0 Å². The van der Waals surface area contributed by atoms with Crippen LogP contribution in [-0.2, 0) is 4.74 Å². The fraction of sp³-hybridized carbons (Fsp3) is 0.222. The molecule has 2 aromatic carbocycles. The Labute approximate surface area is 130 Å². The van der Waals surface area contributed by atoms with E-state index in [9.17, 15) is 9.59 Å². The summed E-state index contributed by atoms with van der Waals surface area (Å²) in [6.45, 7) is 5.96. The maximum absolute atomic E-state index is 12.3. The van der Waals surface area contributed by atoms with Gasteiger partial charge in [-0.3, -0.25) is 4.79 Å². The molecule has 0 fully saturated rings. The van der Waals surface area contributed by atoms with E-state index in [-0.39, 0.29) is 5.91 Å². The molecule has 0 radical (unpaired) electrons. The van der Waals surface area contributed by atoms with Crippen molar-refractivity contribution in [3.63, 3.8) is 0 Å². The van der Waals surface area contributed by atoms with Gasteiger partial charge in [-0.2, -0.15) is 0 Å². The zero-order valence-electron chi connectivity index (χ0n) is 13.2. The third-order valence-electron chi connectivity index (χ3n) is 3.48. The maximum Gasteiger partial charge on any atom is 0.337 e. The van der Waals surface area contributed by atoms with Crippen molar-refractivity contribution in [2.45, 2.75) is 20.8 Å². The molecule has 4 nitrogen and oxygen atoms in total. The number of hydrogen-bond acceptors (Lipinski definition) is 3. The Morgan fingerprint density at radius 1 is 0.909 bits per heavy atom. The van der Waals surface area contributed by atoms with E-state index in [1.165, 1.54) is 7.11 Å². The van der Waals surface area contributed by atoms with Gasteiger partial charge >= 0.3 is 5.97 Å². The van der Waals surface area contributed by atoms with Crippen LogP contribution in [0.5, 0.6) is 0 Å². The smallest absolute Gasteiger partial charge is 0.337 e. The molecule has 1 N–H and O–H groups in total. The van der Waals surface area contributed by atoms with Gasteiger partial charge in [-0.05, 0) is 56.2 Å². The zero-order chi connectivity index (χ0) is 16.3. The summed E-state index contributed by atoms with van der Waals surface area (Å²) in [7, 11) is 1.33. The number of nitrogens with one attached hydrogen (secondary N) is 1. The van der Waals surface area contributed by atoms with Crippen LogP contribution in [-0.4, -0.2) is 19.0 Å². The summed E-state index contributed by atoms with van der Waals surface area (Å²) in [6.07, 6.45) is 0. The van der Waals surface area contributed by atoms with Crippen LogP contribution in [0.25, 0.3) is 0 Å². The number of esters is 1. The predicted molar refractivity (Wildman–Crippen MR) is 86.4 cm³/mol. The van der Waals surface area contributed by atoms with Crippen molar-refractivity contribution in [1.29, 1.82) is 0 Å². The lowest BCUT2D eigenvalue weighted by molar-refractivity contribution is 0.0600. The van der Waals surface area contributed by atoms with E-state index >= 15 is 0 Å². The fourth-order valence-corrected chi connectivity index (χ4v) is 2.44. The molecule has 0 atom stereocenters. The highest BCUT2D eigenvalue weighted by Gasteiger charge is 2.11. The first-order chi connectivity index (χ1) is 10.4. The summed E-state index contributed by atoms with van der Waals surface area (Å²) in [5.41, 5.74) is 4.95. The van der Waals surface area contributed by atoms with Crippen LogP contribution in [0.2, 0.25) is 0 Å². The van der Waals surface area contributed by atoms with Gasteiger partial charge in [0.05, 0.1) is 12.7 Å². The van der Waals surface area contributed by atoms with E-state index < -0.39 is 5.97 Å². The second-order valence-corrected chi connectivity index (χ2v) is 5.30. The van der Waals surface area contributed by atoms with E-state index in [2.05, 4.69) is 10.1 Å². The van der Waals surface area contributed by atoms with Crippen molar-refractivity contribution in [3.05, 3.63) is 64.2 Å². The summed E-state index contributed by atoms with van der Waals surface area (Å²) in [5, 5.41) is 2.93. The lowest BCUT2D eigenvalue weighted by Crippen LogP contribution is -2.14. The number of amides is 1. The van der Waals surface area contributed by atoms with Crippen LogP contribution in [0.1, 0.15) is 37.4 Å². The molecule has 0 heterocycles. The number of aryl methyl sites for hydroxylation is 3. The standard InChI is InChI=1S/C18H19NO3/c1-11-9-12(2)16(13(3)10-11)19-17(20)14-5-7-15(8-6-14)18(21)22-4/h5-10H,1-4H3,(H,19,20). The average molecular weight is 297 g/mol. The fourth-order valence-electron chi connectivity index (χ4n) is 2.44. The Morgan fingerprint density at radius 3 is 1.91 bits per heavy atom. The monoisotopic (exact) mass is 297 g/mol. The summed E-state index contributed by atoms with van der Waals surface area (Å²) >= 11 is 0. The molecule has 0 bridgehead atoms. The molecule has 1 amide bonds. The minimum Gasteiger partial charge on any atom is -0.465 e. The first kappa shape index (κ1) is 15.8. The number of hydrogen-bond donors (Lipinski definition) is 1. The Balaban J connectivity index is 2.21. The van der Waals surface area contributed by atoms with Crippen molar-refractivity contribution in [3.8, 4) is 0 Å². The molecule has 0 aliphatic heterocycles. The van der Waals surface area contributed by atoms with Crippen LogP contribution in [0, 0.1) is 20.8 Å². The highest BCUT2D eigenvalue weighted by atomic mass is 16.5. The highest BCUT2D eigenvalue weighted by Crippen LogP contribution is 2.22. The van der Waals surface area contributed by atoms with Gasteiger partial charge in [0.25, 0.3) is 5.91 Å². The number of ether oxygens (including phenoxy) is 1. The molecule has 22 heavy (non-hydrogen) atoms. The third kappa shape index (κ3) is 3.34. The lowest BCUT2D eigenvalue weighted by atomic mass is 10.0. The summed E-state index contributed by atoms with van der Waals surface area (Å²) in [5.74, 6) is -0.622. The topological polar surface area (TPSA) is 55.4 Å². The van der Waals surface area contributed by atoms with Crippen LogP contribution >= 0.6 is 0 Å². The Hall–Kier alpha value is -2.62. The normalized spacial score (nSPS) is 10.2. The number of carbonyl (C=O) groups excluding carboxylic acids is 2. The summed E-state index contributed by atoms with van der Waals surface area (Å²) in [4.78, 5) is 23.7. The zero-order valence-corrected chi connectivity index (χ0v) is 13.2. The van der Waals surface area contributed by atoms with Crippen LogP contribution < -0.4 is 5.32 Å². The van der Waals surface area contributed by atoms with Gasteiger partial charge in [0.1, 0.15) is 0 Å². The molecule has 0 saturated carbocycles. The molecule has 4 heteroatoms. The molecule has 0 saturated heterocycles. The molecule has 0 aromatic heterocycles. The number of carbonyl (C=O) groups is 2. The Morgan fingerprint density at radius 2 is 1.41 bits per heavy atom. The van der Waals surface area contributed by atoms with Crippen molar-refractivity contribution in [2.24, 2.45) is 0 Å². The first-order valence-corrected chi connectivity index (χ1v) is 7.00. The van der Waals surface area contributed by atoms with Crippen LogP contribution in [0.4, 0.5) is 5.69 Å². The average Bonchev–Trinajstić information content (AvgIpc) is 2.50. The SMILES string of the molecule is COC(=O)c1ccc(C(=O)Nc2c(C)cc(C)cc2C)cc1. The molecule has 0 unspecified atom stereocenters. The molecular formula is C18H19NO3. The van der Waals surface area contributed by atoms with Gasteiger partial charge in [-0.25, -0.2) is 4.79 Å². The van der Waals surface area contributed by atoms with Crippen LogP contribution in [0.15, 0.2) is 36.4 Å². The predicted octanol–water partition coefficient (Wildman–Crippen LogP) is 3.65. The second kappa shape index (κ2) is 6.43. The van der Waals surface area contributed by atoms with E-state index in [4.69, 9.17) is 0 Å². The quantitative estimate of drug-likeness (QED) is 0.880. The molecular weight excluding hydrogens is 278 g/mol. The number of anilines is 1. The second-order valence-electron chi connectivity index (χ2n) is 5.30. The molecule has 0 aliphatic carbocycles. The molecule has 2 aromatic rings. The number of methoxy groups -OCH3 is 1. The van der Waals surface area contributed by atoms with Gasteiger partial charge in [-0.1, -0.05) is 17.7 Å². The summed E-state index contributed by atoms with van der Waals surface area (Å²) < 4.78 is 4.64. The maximum atomic E-state index is 12.3. The largest absolute Gasteiger partial charge is 0.465 e. The Bertz CT molecular complexity index is 695. The lowest BCUT2D eigenvalue weighted by Gasteiger charge is -2.13. The minimum absolute atomic E-state index is 0.202. The summed E-state index contributed by atoms with van der Waals surface area (Å²) in [6, 6.07) is 10.4. The third-order valence-corrected chi connectivity index (χ3v) is 3.48. The van der Waals surface area contributed by atoms with Crippen molar-refractivity contribution < 1.29 is 14.3 Å².